The number of phenolic OH excluding ortho intramolecular Hbond substituents is 3. The molecular formula is C19H11O8S-. The van der Waals surface area contributed by atoms with E-state index in [1.165, 1.54) is 36.4 Å². The van der Waals surface area contributed by atoms with E-state index in [0.29, 0.717) is 0 Å². The van der Waals surface area contributed by atoms with Crippen LogP contribution in [0.25, 0.3) is 33.4 Å². The van der Waals surface area contributed by atoms with E-state index in [0.717, 1.165) is 12.1 Å². The fourth-order valence-corrected chi connectivity index (χ4v) is 3.83. The van der Waals surface area contributed by atoms with Gasteiger partial charge in [0.2, 0.25) is 16.9 Å². The van der Waals surface area contributed by atoms with Gasteiger partial charge >= 0.3 is 0 Å². The summed E-state index contributed by atoms with van der Waals surface area (Å²) in [6.07, 6.45) is 0. The minimum absolute atomic E-state index is 0.00793. The first-order valence-electron chi connectivity index (χ1n) is 7.89. The highest BCUT2D eigenvalue weighted by molar-refractivity contribution is 7.85. The van der Waals surface area contributed by atoms with Crippen molar-refractivity contribution < 1.29 is 32.7 Å². The van der Waals surface area contributed by atoms with E-state index in [9.17, 15) is 33.1 Å². The number of benzene rings is 3. The van der Waals surface area contributed by atoms with Crippen LogP contribution in [0.3, 0.4) is 0 Å². The van der Waals surface area contributed by atoms with E-state index in [2.05, 4.69) is 0 Å². The fourth-order valence-electron chi connectivity index (χ4n) is 3.14. The van der Waals surface area contributed by atoms with Crippen molar-refractivity contribution in [2.24, 2.45) is 0 Å². The van der Waals surface area contributed by atoms with Gasteiger partial charge in [-0.15, -0.1) is 0 Å². The number of hydrogen-bond donors (Lipinski definition) is 3. The topological polar surface area (TPSA) is 148 Å². The standard InChI is InChI=1S/C19H12O8S/c20-12-7-5-10-15(9-3-1-2-4-14(9)28(24,25)26)11-6-8-13(21)17(23)19(11)27-18(10)16(12)22/h1-8,20,22-23H,(H,24,25,26)/p-1. The Labute approximate surface area is 157 Å². The molecule has 1 heterocycles. The summed E-state index contributed by atoms with van der Waals surface area (Å²) in [5, 5.41) is 30.3. The Hall–Kier alpha value is -3.56. The second kappa shape index (κ2) is 5.98. The van der Waals surface area contributed by atoms with Gasteiger partial charge in [0.1, 0.15) is 10.1 Å². The van der Waals surface area contributed by atoms with Gasteiger partial charge in [0.15, 0.2) is 17.1 Å². The molecule has 2 aromatic rings. The van der Waals surface area contributed by atoms with Crippen LogP contribution in [-0.4, -0.2) is 28.3 Å². The molecule has 2 aromatic carbocycles. The third-order valence-electron chi connectivity index (χ3n) is 4.37. The number of fused-ring (bicyclic) bond motifs is 2. The second-order valence-corrected chi connectivity index (χ2v) is 7.37. The van der Waals surface area contributed by atoms with Crippen LogP contribution in [0.15, 0.2) is 62.6 Å². The molecule has 142 valence electrons. The third-order valence-corrected chi connectivity index (χ3v) is 5.27. The van der Waals surface area contributed by atoms with Crippen LogP contribution in [0, 0.1) is 0 Å². The molecular weight excluding hydrogens is 388 g/mol. The molecule has 28 heavy (non-hydrogen) atoms. The lowest BCUT2D eigenvalue weighted by atomic mass is 9.93. The lowest BCUT2D eigenvalue weighted by Gasteiger charge is -2.19. The largest absolute Gasteiger partial charge is 0.744 e. The first kappa shape index (κ1) is 17.8. The molecule has 0 fully saturated rings. The number of aromatic hydroxyl groups is 3. The summed E-state index contributed by atoms with van der Waals surface area (Å²) < 4.78 is 40.8. The van der Waals surface area contributed by atoms with Gasteiger partial charge in [-0.2, -0.15) is 0 Å². The predicted octanol–water partition coefficient (Wildman–Crippen LogP) is 2.59. The molecule has 8 nitrogen and oxygen atoms in total. The third kappa shape index (κ3) is 2.56. The van der Waals surface area contributed by atoms with Crippen molar-refractivity contribution in [2.75, 3.05) is 0 Å². The Bertz CT molecular complexity index is 1390. The molecule has 0 aromatic heterocycles. The van der Waals surface area contributed by atoms with Crippen molar-refractivity contribution in [3.8, 4) is 39.7 Å². The lowest BCUT2D eigenvalue weighted by Crippen LogP contribution is -2.05. The van der Waals surface area contributed by atoms with Crippen LogP contribution in [0.1, 0.15) is 0 Å². The van der Waals surface area contributed by atoms with Crippen LogP contribution in [0.2, 0.25) is 0 Å². The molecule has 0 radical (unpaired) electrons. The normalized spacial score (nSPS) is 11.9. The molecule has 1 aliphatic carbocycles. The molecule has 2 aliphatic rings. The van der Waals surface area contributed by atoms with E-state index in [4.69, 9.17) is 4.42 Å². The van der Waals surface area contributed by atoms with Gasteiger partial charge in [0.25, 0.3) is 0 Å². The van der Waals surface area contributed by atoms with Gasteiger partial charge in [-0.1, -0.05) is 18.2 Å². The van der Waals surface area contributed by atoms with Crippen molar-refractivity contribution in [1.82, 2.24) is 0 Å². The van der Waals surface area contributed by atoms with Crippen molar-refractivity contribution >= 4 is 21.1 Å². The molecule has 1 aliphatic heterocycles. The average Bonchev–Trinajstić information content (AvgIpc) is 2.66. The van der Waals surface area contributed by atoms with Gasteiger partial charge in [-0.3, -0.25) is 4.79 Å². The minimum atomic E-state index is -4.87. The van der Waals surface area contributed by atoms with Gasteiger partial charge in [-0.25, -0.2) is 8.42 Å². The van der Waals surface area contributed by atoms with E-state index < -0.39 is 37.7 Å². The molecule has 0 amide bonds. The molecule has 0 spiro atoms. The summed E-state index contributed by atoms with van der Waals surface area (Å²) in [5.41, 5.74) is -0.776. The van der Waals surface area contributed by atoms with Crippen LogP contribution >= 0.6 is 0 Å². The highest BCUT2D eigenvalue weighted by atomic mass is 32.2. The summed E-state index contributed by atoms with van der Waals surface area (Å²) in [4.78, 5) is 11.3. The van der Waals surface area contributed by atoms with Gasteiger partial charge in [0, 0.05) is 22.1 Å². The van der Waals surface area contributed by atoms with Crippen molar-refractivity contribution in [1.29, 1.82) is 0 Å². The molecule has 9 heteroatoms. The molecule has 0 atom stereocenters. The number of rotatable bonds is 2. The Balaban J connectivity index is 2.31. The zero-order valence-corrected chi connectivity index (χ0v) is 14.7. The molecule has 0 saturated carbocycles. The Morgan fingerprint density at radius 2 is 1.57 bits per heavy atom. The highest BCUT2D eigenvalue weighted by Gasteiger charge is 2.25. The minimum Gasteiger partial charge on any atom is -0.744 e. The number of hydrogen-bond acceptors (Lipinski definition) is 8. The maximum atomic E-state index is 11.8. The Morgan fingerprint density at radius 3 is 2.29 bits per heavy atom. The Kier molecular flexibility index (Phi) is 3.81. The predicted molar refractivity (Wildman–Crippen MR) is 97.5 cm³/mol. The molecule has 0 saturated heterocycles. The first-order chi connectivity index (χ1) is 13.2. The quantitative estimate of drug-likeness (QED) is 0.265. The summed E-state index contributed by atoms with van der Waals surface area (Å²) in [5.74, 6) is -2.28. The fraction of sp³-hybridized carbons (Fsp3) is 0. The van der Waals surface area contributed by atoms with E-state index in [1.54, 1.807) is 0 Å². The zero-order valence-electron chi connectivity index (χ0n) is 13.9. The zero-order chi connectivity index (χ0) is 20.2. The molecule has 0 bridgehead atoms. The molecule has 3 N–H and O–H groups in total. The van der Waals surface area contributed by atoms with Crippen LogP contribution in [0.5, 0.6) is 17.2 Å². The number of phenols is 3. The van der Waals surface area contributed by atoms with Crippen molar-refractivity contribution in [3.63, 3.8) is 0 Å². The summed E-state index contributed by atoms with van der Waals surface area (Å²) >= 11 is 0. The van der Waals surface area contributed by atoms with Gasteiger partial charge < -0.3 is 24.3 Å². The smallest absolute Gasteiger partial charge is 0.224 e. The van der Waals surface area contributed by atoms with E-state index in [-0.39, 0.29) is 33.4 Å². The van der Waals surface area contributed by atoms with Crippen molar-refractivity contribution in [3.05, 3.63) is 58.8 Å². The van der Waals surface area contributed by atoms with Gasteiger partial charge in [0.05, 0.1) is 4.90 Å². The maximum absolute atomic E-state index is 11.8. The summed E-state index contributed by atoms with van der Waals surface area (Å²) in [6.45, 7) is 0. The molecule has 4 rings (SSSR count). The Morgan fingerprint density at radius 1 is 0.857 bits per heavy atom. The monoisotopic (exact) mass is 399 g/mol. The van der Waals surface area contributed by atoms with Crippen molar-refractivity contribution in [2.45, 2.75) is 4.90 Å². The SMILES string of the molecule is O=c1ccc2c(-c3ccccc3S(=O)(=O)[O-])c3ccc(O)c(O)c3oc-2c1O. The highest BCUT2D eigenvalue weighted by Crippen LogP contribution is 2.47. The molecule has 0 unspecified atom stereocenters. The van der Waals surface area contributed by atoms with Crippen LogP contribution in [0.4, 0.5) is 0 Å². The van der Waals surface area contributed by atoms with E-state index >= 15 is 0 Å². The van der Waals surface area contributed by atoms with Crippen LogP contribution in [-0.2, 0) is 10.1 Å². The van der Waals surface area contributed by atoms with Crippen LogP contribution < -0.4 is 5.43 Å². The van der Waals surface area contributed by atoms with Gasteiger partial charge in [-0.05, 0) is 30.3 Å². The lowest BCUT2D eigenvalue weighted by molar-refractivity contribution is 0.398. The maximum Gasteiger partial charge on any atom is 0.224 e. The second-order valence-electron chi connectivity index (χ2n) is 6.03. The first-order valence-corrected chi connectivity index (χ1v) is 9.29. The summed E-state index contributed by atoms with van der Waals surface area (Å²) in [7, 11) is -4.87. The summed E-state index contributed by atoms with van der Waals surface area (Å²) in [6, 6.07) is 10.3. The average molecular weight is 399 g/mol. The van der Waals surface area contributed by atoms with E-state index in [1.807, 2.05) is 0 Å².